The third-order valence-electron chi connectivity index (χ3n) is 2.92. The van der Waals surface area contributed by atoms with Gasteiger partial charge in [0, 0.05) is 6.42 Å². The van der Waals surface area contributed by atoms with Crippen LogP contribution in [0.3, 0.4) is 0 Å². The number of rotatable bonds is 5. The molecular weight excluding hydrogens is 292 g/mol. The largest absolute Gasteiger partial charge is 0.497 e. The third-order valence-corrected chi connectivity index (χ3v) is 3.82. The van der Waals surface area contributed by atoms with Gasteiger partial charge in [-0.05, 0) is 17.7 Å². The average molecular weight is 304 g/mol. The highest BCUT2D eigenvalue weighted by atomic mass is 32.1. The summed E-state index contributed by atoms with van der Waals surface area (Å²) in [6.45, 7) is 0. The summed E-state index contributed by atoms with van der Waals surface area (Å²) >= 11 is 1.24. The van der Waals surface area contributed by atoms with Crippen LogP contribution in [-0.4, -0.2) is 38.0 Å². The maximum Gasteiger partial charge on any atom is 0.310 e. The van der Waals surface area contributed by atoms with E-state index in [9.17, 15) is 4.79 Å². The van der Waals surface area contributed by atoms with Crippen LogP contribution in [0.4, 0.5) is 0 Å². The topological polar surface area (TPSA) is 89.6 Å². The molecule has 0 aliphatic heterocycles. The van der Waals surface area contributed by atoms with E-state index < -0.39 is 5.97 Å². The maximum atomic E-state index is 10.7. The predicted octanol–water partition coefficient (Wildman–Crippen LogP) is 1.41. The van der Waals surface area contributed by atoms with Crippen molar-refractivity contribution in [1.82, 2.24) is 19.8 Å². The second kappa shape index (κ2) is 5.49. The van der Waals surface area contributed by atoms with Gasteiger partial charge in [0.15, 0.2) is 5.82 Å². The molecule has 2 aromatic heterocycles. The van der Waals surface area contributed by atoms with Gasteiger partial charge in [-0.3, -0.25) is 4.79 Å². The van der Waals surface area contributed by atoms with Crippen LogP contribution in [-0.2, 0) is 17.6 Å². The number of hydrogen-bond acceptors (Lipinski definition) is 6. The minimum atomic E-state index is -0.906. The number of methoxy groups -OCH3 is 1. The van der Waals surface area contributed by atoms with Gasteiger partial charge in [0.05, 0.1) is 13.5 Å². The summed E-state index contributed by atoms with van der Waals surface area (Å²) < 4.78 is 6.72. The lowest BCUT2D eigenvalue weighted by Crippen LogP contribution is -2.02. The molecule has 0 fully saturated rings. The molecule has 2 heterocycles. The van der Waals surface area contributed by atoms with Crippen LogP contribution in [0.2, 0.25) is 0 Å². The lowest BCUT2D eigenvalue weighted by atomic mass is 10.1. The van der Waals surface area contributed by atoms with Crippen molar-refractivity contribution in [1.29, 1.82) is 0 Å². The zero-order valence-electron chi connectivity index (χ0n) is 11.2. The molecule has 0 aliphatic carbocycles. The Morgan fingerprint density at radius 3 is 2.76 bits per heavy atom. The maximum absolute atomic E-state index is 10.7. The Balaban J connectivity index is 1.85. The van der Waals surface area contributed by atoms with E-state index in [4.69, 9.17) is 9.84 Å². The van der Waals surface area contributed by atoms with E-state index in [0.29, 0.717) is 22.2 Å². The van der Waals surface area contributed by atoms with Gasteiger partial charge < -0.3 is 9.84 Å². The van der Waals surface area contributed by atoms with E-state index in [1.165, 1.54) is 11.3 Å². The fraction of sp³-hybridized carbons (Fsp3) is 0.231. The SMILES string of the molecule is COc1ccc(Cc2nnc3sc(CC(=O)O)nn23)cc1. The molecule has 1 aromatic carbocycles. The third kappa shape index (κ3) is 2.84. The smallest absolute Gasteiger partial charge is 0.310 e. The molecule has 0 radical (unpaired) electrons. The van der Waals surface area contributed by atoms with Gasteiger partial charge in [-0.25, -0.2) is 0 Å². The minimum Gasteiger partial charge on any atom is -0.497 e. The summed E-state index contributed by atoms with van der Waals surface area (Å²) in [5, 5.41) is 21.7. The van der Waals surface area contributed by atoms with Gasteiger partial charge in [-0.2, -0.15) is 9.61 Å². The van der Waals surface area contributed by atoms with Crippen LogP contribution in [0, 0.1) is 0 Å². The fourth-order valence-electron chi connectivity index (χ4n) is 1.93. The second-order valence-corrected chi connectivity index (χ2v) is 5.44. The molecule has 0 amide bonds. The Morgan fingerprint density at radius 2 is 2.10 bits per heavy atom. The van der Waals surface area contributed by atoms with Gasteiger partial charge in [-0.15, -0.1) is 10.2 Å². The number of hydrogen-bond donors (Lipinski definition) is 1. The van der Waals surface area contributed by atoms with Crippen molar-refractivity contribution in [2.24, 2.45) is 0 Å². The highest BCUT2D eigenvalue weighted by Gasteiger charge is 2.13. The zero-order chi connectivity index (χ0) is 14.8. The first-order valence-electron chi connectivity index (χ1n) is 6.20. The summed E-state index contributed by atoms with van der Waals surface area (Å²) in [4.78, 5) is 11.3. The number of fused-ring (bicyclic) bond motifs is 1. The molecule has 0 bridgehead atoms. The van der Waals surface area contributed by atoms with Gasteiger partial charge >= 0.3 is 5.97 Å². The predicted molar refractivity (Wildman–Crippen MR) is 75.8 cm³/mol. The molecule has 1 N–H and O–H groups in total. The number of ether oxygens (including phenoxy) is 1. The Labute approximate surface area is 123 Å². The summed E-state index contributed by atoms with van der Waals surface area (Å²) in [5.74, 6) is 0.572. The van der Waals surface area contributed by atoms with Crippen molar-refractivity contribution in [2.75, 3.05) is 7.11 Å². The summed E-state index contributed by atoms with van der Waals surface area (Å²) in [5.41, 5.74) is 1.05. The van der Waals surface area contributed by atoms with Crippen LogP contribution >= 0.6 is 11.3 Å². The van der Waals surface area contributed by atoms with Crippen molar-refractivity contribution in [3.05, 3.63) is 40.7 Å². The molecule has 0 spiro atoms. The molecule has 3 aromatic rings. The van der Waals surface area contributed by atoms with Crippen LogP contribution in [0.15, 0.2) is 24.3 Å². The Bertz CT molecular complexity index is 778. The molecule has 0 saturated heterocycles. The highest BCUT2D eigenvalue weighted by molar-refractivity contribution is 7.16. The Morgan fingerprint density at radius 1 is 1.33 bits per heavy atom. The van der Waals surface area contributed by atoms with Crippen molar-refractivity contribution >= 4 is 22.3 Å². The molecule has 0 aliphatic rings. The fourth-order valence-corrected chi connectivity index (χ4v) is 2.78. The molecule has 8 heteroatoms. The van der Waals surface area contributed by atoms with Crippen molar-refractivity contribution in [3.63, 3.8) is 0 Å². The average Bonchev–Trinajstić information content (AvgIpc) is 3.00. The van der Waals surface area contributed by atoms with E-state index in [0.717, 1.165) is 11.3 Å². The van der Waals surface area contributed by atoms with E-state index in [-0.39, 0.29) is 6.42 Å². The number of nitrogens with zero attached hydrogens (tertiary/aromatic N) is 4. The van der Waals surface area contributed by atoms with E-state index >= 15 is 0 Å². The first-order chi connectivity index (χ1) is 10.2. The quantitative estimate of drug-likeness (QED) is 0.766. The first-order valence-corrected chi connectivity index (χ1v) is 7.02. The highest BCUT2D eigenvalue weighted by Crippen LogP contribution is 2.18. The van der Waals surface area contributed by atoms with Gasteiger partial charge in [0.1, 0.15) is 10.8 Å². The number of aromatic nitrogens is 4. The van der Waals surface area contributed by atoms with Crippen LogP contribution in [0.1, 0.15) is 16.4 Å². The zero-order valence-corrected chi connectivity index (χ0v) is 12.0. The molecular formula is C13H12N4O3S. The standard InChI is InChI=1S/C13H12N4O3S/c1-20-9-4-2-8(3-5-9)6-10-14-15-13-17(10)16-11(21-13)7-12(18)19/h2-5H,6-7H2,1H3,(H,18,19). The Hall–Kier alpha value is -2.48. The number of carbonyl (C=O) groups is 1. The van der Waals surface area contributed by atoms with E-state index in [1.54, 1.807) is 11.6 Å². The normalized spacial score (nSPS) is 10.9. The van der Waals surface area contributed by atoms with Gasteiger partial charge in [0.2, 0.25) is 4.96 Å². The number of carboxylic acid groups (broad SMARTS) is 1. The number of aliphatic carboxylic acids is 1. The van der Waals surface area contributed by atoms with E-state index in [2.05, 4.69) is 15.3 Å². The monoisotopic (exact) mass is 304 g/mol. The summed E-state index contributed by atoms with van der Waals surface area (Å²) in [7, 11) is 1.62. The molecule has 108 valence electrons. The van der Waals surface area contributed by atoms with Gasteiger partial charge in [0.25, 0.3) is 0 Å². The van der Waals surface area contributed by atoms with Crippen molar-refractivity contribution < 1.29 is 14.6 Å². The molecule has 3 rings (SSSR count). The molecule has 7 nitrogen and oxygen atoms in total. The van der Waals surface area contributed by atoms with Crippen LogP contribution in [0.5, 0.6) is 5.75 Å². The first kappa shape index (κ1) is 13.5. The molecule has 0 saturated carbocycles. The lowest BCUT2D eigenvalue weighted by Gasteiger charge is -2.01. The Kier molecular flexibility index (Phi) is 3.53. The van der Waals surface area contributed by atoms with Crippen molar-refractivity contribution in [2.45, 2.75) is 12.8 Å². The minimum absolute atomic E-state index is 0.101. The van der Waals surface area contributed by atoms with Crippen LogP contribution in [0.25, 0.3) is 4.96 Å². The lowest BCUT2D eigenvalue weighted by molar-refractivity contribution is -0.136. The van der Waals surface area contributed by atoms with Crippen LogP contribution < -0.4 is 4.74 Å². The number of benzene rings is 1. The van der Waals surface area contributed by atoms with Crippen molar-refractivity contribution in [3.8, 4) is 5.75 Å². The van der Waals surface area contributed by atoms with Gasteiger partial charge in [-0.1, -0.05) is 23.5 Å². The number of carboxylic acids is 1. The molecule has 0 atom stereocenters. The second-order valence-electron chi connectivity index (χ2n) is 4.40. The molecule has 21 heavy (non-hydrogen) atoms. The summed E-state index contributed by atoms with van der Waals surface area (Å²) in [6, 6.07) is 7.66. The van der Waals surface area contributed by atoms with E-state index in [1.807, 2.05) is 24.3 Å². The summed E-state index contributed by atoms with van der Waals surface area (Å²) in [6.07, 6.45) is 0.470. The molecule has 0 unspecified atom stereocenters.